The minimum atomic E-state index is -4.77. The number of aromatic nitrogens is 3. The van der Waals surface area contributed by atoms with Crippen LogP contribution in [0.25, 0.3) is 22.0 Å². The maximum Gasteiger partial charge on any atom is 0.573 e. The lowest BCUT2D eigenvalue weighted by atomic mass is 10.1. The fourth-order valence-electron chi connectivity index (χ4n) is 2.95. The molecule has 4 rings (SSSR count). The molecule has 0 unspecified atom stereocenters. The highest BCUT2D eigenvalue weighted by molar-refractivity contribution is 5.94. The summed E-state index contributed by atoms with van der Waals surface area (Å²) in [5.74, 6) is 0.302. The first-order valence-electron chi connectivity index (χ1n) is 8.51. The van der Waals surface area contributed by atoms with Crippen LogP contribution < -0.4 is 14.8 Å². The van der Waals surface area contributed by atoms with Crippen molar-refractivity contribution in [2.24, 2.45) is 0 Å². The van der Waals surface area contributed by atoms with Gasteiger partial charge in [0, 0.05) is 40.8 Å². The van der Waals surface area contributed by atoms with Gasteiger partial charge in [-0.15, -0.1) is 13.2 Å². The van der Waals surface area contributed by atoms with Gasteiger partial charge in [0.05, 0.1) is 18.8 Å². The highest BCUT2D eigenvalue weighted by Gasteiger charge is 2.31. The van der Waals surface area contributed by atoms with Gasteiger partial charge < -0.3 is 14.8 Å². The Balaban J connectivity index is 1.74. The molecule has 0 aliphatic carbocycles. The van der Waals surface area contributed by atoms with Crippen LogP contribution in [0.15, 0.2) is 61.1 Å². The van der Waals surface area contributed by atoms with Crippen LogP contribution >= 0.6 is 0 Å². The Kier molecular flexibility index (Phi) is 4.71. The van der Waals surface area contributed by atoms with Crippen LogP contribution in [0, 0.1) is 0 Å². The number of hydrogen-bond donors (Lipinski definition) is 2. The third kappa shape index (κ3) is 4.23. The van der Waals surface area contributed by atoms with Crippen LogP contribution in [-0.4, -0.2) is 28.7 Å². The number of aromatic amines is 1. The molecule has 0 saturated heterocycles. The molecule has 0 spiro atoms. The topological polar surface area (TPSA) is 72.1 Å². The van der Waals surface area contributed by atoms with Crippen LogP contribution in [0.2, 0.25) is 0 Å². The number of ether oxygens (including phenoxy) is 2. The molecule has 29 heavy (non-hydrogen) atoms. The smallest absolute Gasteiger partial charge is 0.497 e. The van der Waals surface area contributed by atoms with Crippen LogP contribution in [0.4, 0.5) is 24.5 Å². The first-order valence-corrected chi connectivity index (χ1v) is 8.51. The van der Waals surface area contributed by atoms with E-state index in [1.54, 1.807) is 37.8 Å². The number of H-pyrrole nitrogens is 1. The predicted octanol–water partition coefficient (Wildman–Crippen LogP) is 5.28. The lowest BCUT2D eigenvalue weighted by molar-refractivity contribution is -0.274. The monoisotopic (exact) mass is 400 g/mol. The minimum absolute atomic E-state index is 0.314. The Morgan fingerprint density at radius 2 is 1.86 bits per heavy atom. The second-order valence-corrected chi connectivity index (χ2v) is 6.15. The summed E-state index contributed by atoms with van der Waals surface area (Å²) in [6.07, 6.45) is 0.240. The van der Waals surface area contributed by atoms with Crippen LogP contribution in [-0.2, 0) is 0 Å². The molecule has 4 aromatic rings. The van der Waals surface area contributed by atoms with Crippen molar-refractivity contribution < 1.29 is 22.6 Å². The van der Waals surface area contributed by atoms with Crippen molar-refractivity contribution in [3.05, 3.63) is 61.1 Å². The largest absolute Gasteiger partial charge is 0.573 e. The molecule has 2 heterocycles. The van der Waals surface area contributed by atoms with Gasteiger partial charge in [-0.25, -0.2) is 0 Å². The van der Waals surface area contributed by atoms with Crippen molar-refractivity contribution in [2.45, 2.75) is 6.36 Å². The molecule has 2 aromatic carbocycles. The predicted molar refractivity (Wildman–Crippen MR) is 102 cm³/mol. The van der Waals surface area contributed by atoms with E-state index in [1.807, 2.05) is 12.1 Å². The SMILES string of the molecule is COc1cc(Nc2ccnc3ccc(OC(F)(F)F)cc23)cc(-c2cn[nH]c2)c1. The molecular formula is C20H15F3N4O2. The quantitative estimate of drug-likeness (QED) is 0.477. The number of hydrogen-bond acceptors (Lipinski definition) is 5. The number of rotatable bonds is 5. The normalized spacial score (nSPS) is 11.4. The molecular weight excluding hydrogens is 385 g/mol. The molecule has 0 radical (unpaired) electrons. The third-order valence-electron chi connectivity index (χ3n) is 4.20. The number of nitrogens with one attached hydrogen (secondary N) is 2. The molecule has 0 aliphatic heterocycles. The summed E-state index contributed by atoms with van der Waals surface area (Å²) in [4.78, 5) is 4.20. The summed E-state index contributed by atoms with van der Waals surface area (Å²) in [5.41, 5.74) is 3.53. The fourth-order valence-corrected chi connectivity index (χ4v) is 2.95. The molecule has 0 aliphatic rings. The molecule has 2 N–H and O–H groups in total. The van der Waals surface area contributed by atoms with Gasteiger partial charge in [-0.2, -0.15) is 5.10 Å². The Morgan fingerprint density at radius 1 is 1.00 bits per heavy atom. The number of pyridine rings is 1. The molecule has 0 atom stereocenters. The van der Waals surface area contributed by atoms with E-state index in [9.17, 15) is 13.2 Å². The molecule has 0 amide bonds. The van der Waals surface area contributed by atoms with Gasteiger partial charge in [-0.05, 0) is 42.0 Å². The molecule has 0 fully saturated rings. The van der Waals surface area contributed by atoms with Crippen molar-refractivity contribution in [1.29, 1.82) is 0 Å². The number of alkyl halides is 3. The fraction of sp³-hybridized carbons (Fsp3) is 0.100. The summed E-state index contributed by atoms with van der Waals surface area (Å²) < 4.78 is 47.1. The standard InChI is InChI=1S/C20H15F3N4O2/c1-28-16-7-12(13-10-25-26-11-13)6-14(8-16)27-19-4-5-24-18-3-2-15(9-17(18)19)29-20(21,22)23/h2-11H,1H3,(H,24,27)(H,25,26). The molecule has 148 valence electrons. The van der Waals surface area contributed by atoms with Gasteiger partial charge in [0.15, 0.2) is 0 Å². The summed E-state index contributed by atoms with van der Waals surface area (Å²) in [7, 11) is 1.56. The van der Waals surface area contributed by atoms with Crippen LogP contribution in [0.3, 0.4) is 0 Å². The first-order chi connectivity index (χ1) is 13.9. The second-order valence-electron chi connectivity index (χ2n) is 6.15. The number of fused-ring (bicyclic) bond motifs is 1. The van der Waals surface area contributed by atoms with E-state index in [0.29, 0.717) is 28.0 Å². The number of benzene rings is 2. The minimum Gasteiger partial charge on any atom is -0.497 e. The summed E-state index contributed by atoms with van der Waals surface area (Å²) in [6.45, 7) is 0. The number of anilines is 2. The molecule has 0 saturated carbocycles. The summed E-state index contributed by atoms with van der Waals surface area (Å²) >= 11 is 0. The Hall–Kier alpha value is -3.75. The average Bonchev–Trinajstić information content (AvgIpc) is 3.22. The maximum atomic E-state index is 12.6. The van der Waals surface area contributed by atoms with Crippen LogP contribution in [0.1, 0.15) is 0 Å². The lowest BCUT2D eigenvalue weighted by Crippen LogP contribution is -2.17. The molecule has 9 heteroatoms. The van der Waals surface area contributed by atoms with Gasteiger partial charge in [-0.1, -0.05) is 0 Å². The molecule has 6 nitrogen and oxygen atoms in total. The Labute approximate surface area is 163 Å². The van der Waals surface area contributed by atoms with Gasteiger partial charge in [0.2, 0.25) is 0 Å². The van der Waals surface area contributed by atoms with Crippen LogP contribution in [0.5, 0.6) is 11.5 Å². The molecule has 0 bridgehead atoms. The zero-order valence-corrected chi connectivity index (χ0v) is 15.1. The summed E-state index contributed by atoms with van der Waals surface area (Å²) in [6, 6.07) is 11.2. The van der Waals surface area contributed by atoms with E-state index in [2.05, 4.69) is 25.2 Å². The van der Waals surface area contributed by atoms with E-state index in [1.165, 1.54) is 18.2 Å². The maximum absolute atomic E-state index is 12.6. The van der Waals surface area contributed by atoms with Crippen molar-refractivity contribution in [3.63, 3.8) is 0 Å². The van der Waals surface area contributed by atoms with Crippen molar-refractivity contribution in [2.75, 3.05) is 12.4 Å². The zero-order chi connectivity index (χ0) is 20.4. The number of methoxy groups -OCH3 is 1. The lowest BCUT2D eigenvalue weighted by Gasteiger charge is -2.14. The Bertz CT molecular complexity index is 1140. The number of halogens is 3. The van der Waals surface area contributed by atoms with Gasteiger partial charge in [0.1, 0.15) is 11.5 Å². The van der Waals surface area contributed by atoms with Gasteiger partial charge >= 0.3 is 6.36 Å². The van der Waals surface area contributed by atoms with Gasteiger partial charge in [0.25, 0.3) is 0 Å². The van der Waals surface area contributed by atoms with Crippen molar-refractivity contribution >= 4 is 22.3 Å². The van der Waals surface area contributed by atoms with E-state index < -0.39 is 6.36 Å². The second kappa shape index (κ2) is 7.34. The number of nitrogens with zero attached hydrogens (tertiary/aromatic N) is 2. The van der Waals surface area contributed by atoms with E-state index in [-0.39, 0.29) is 5.75 Å². The van der Waals surface area contributed by atoms with Gasteiger partial charge in [-0.3, -0.25) is 10.1 Å². The molecule has 2 aromatic heterocycles. The van der Waals surface area contributed by atoms with E-state index in [4.69, 9.17) is 4.74 Å². The Morgan fingerprint density at radius 3 is 2.59 bits per heavy atom. The van der Waals surface area contributed by atoms with E-state index >= 15 is 0 Å². The van der Waals surface area contributed by atoms with Crippen molar-refractivity contribution in [1.82, 2.24) is 15.2 Å². The summed E-state index contributed by atoms with van der Waals surface area (Å²) in [5, 5.41) is 10.4. The van der Waals surface area contributed by atoms with Crippen molar-refractivity contribution in [3.8, 4) is 22.6 Å². The average molecular weight is 400 g/mol. The third-order valence-corrected chi connectivity index (χ3v) is 4.20. The highest BCUT2D eigenvalue weighted by atomic mass is 19.4. The zero-order valence-electron chi connectivity index (χ0n) is 15.1. The van der Waals surface area contributed by atoms with E-state index in [0.717, 1.165) is 11.1 Å². The first kappa shape index (κ1) is 18.6. The highest BCUT2D eigenvalue weighted by Crippen LogP contribution is 2.33.